The van der Waals surface area contributed by atoms with Gasteiger partial charge in [0.05, 0.1) is 5.92 Å². The van der Waals surface area contributed by atoms with E-state index in [1.807, 2.05) is 42.5 Å². The Labute approximate surface area is 175 Å². The highest BCUT2D eigenvalue weighted by atomic mass is 16.2. The Morgan fingerprint density at radius 3 is 1.83 bits per heavy atom. The van der Waals surface area contributed by atoms with E-state index in [2.05, 4.69) is 0 Å². The van der Waals surface area contributed by atoms with Gasteiger partial charge in [-0.15, -0.1) is 0 Å². The van der Waals surface area contributed by atoms with Gasteiger partial charge in [-0.1, -0.05) is 103 Å². The first kappa shape index (κ1) is 19.5. The van der Waals surface area contributed by atoms with Crippen LogP contribution >= 0.6 is 0 Å². The number of Topliss-reactive ketones (excluding diaryl/α,β-unsaturated/α-hetero) is 3. The summed E-state index contributed by atoms with van der Waals surface area (Å²) in [4.78, 5) is 39.7. The molecule has 0 spiro atoms. The summed E-state index contributed by atoms with van der Waals surface area (Å²) in [6.07, 6.45) is -0.167. The molecule has 3 heteroatoms. The topological polar surface area (TPSA) is 51.2 Å². The van der Waals surface area contributed by atoms with E-state index in [1.54, 1.807) is 60.7 Å². The van der Waals surface area contributed by atoms with Gasteiger partial charge in [0.1, 0.15) is 0 Å². The zero-order chi connectivity index (χ0) is 20.9. The molecule has 3 nitrogen and oxygen atoms in total. The number of benzene rings is 4. The van der Waals surface area contributed by atoms with Crippen LogP contribution in [-0.4, -0.2) is 17.3 Å². The van der Waals surface area contributed by atoms with Crippen molar-refractivity contribution in [1.29, 1.82) is 0 Å². The summed E-state index contributed by atoms with van der Waals surface area (Å²) < 4.78 is 0. The predicted octanol–water partition coefficient (Wildman–Crippen LogP) is 5.79. The summed E-state index contributed by atoms with van der Waals surface area (Å²) >= 11 is 0. The van der Waals surface area contributed by atoms with Gasteiger partial charge in [0.25, 0.3) is 0 Å². The molecule has 0 radical (unpaired) electrons. The summed E-state index contributed by atoms with van der Waals surface area (Å²) in [5, 5.41) is 1.70. The second-order valence-corrected chi connectivity index (χ2v) is 7.17. The first-order valence-corrected chi connectivity index (χ1v) is 9.84. The number of rotatable bonds is 7. The van der Waals surface area contributed by atoms with E-state index in [9.17, 15) is 14.4 Å². The average Bonchev–Trinajstić information content (AvgIpc) is 2.82. The molecule has 146 valence electrons. The van der Waals surface area contributed by atoms with Gasteiger partial charge in [-0.3, -0.25) is 14.4 Å². The molecule has 0 aromatic heterocycles. The van der Waals surface area contributed by atoms with Crippen molar-refractivity contribution in [2.75, 3.05) is 0 Å². The Bertz CT molecular complexity index is 1210. The maximum Gasteiger partial charge on any atom is 0.174 e. The Kier molecular flexibility index (Phi) is 5.62. The highest BCUT2D eigenvalue weighted by Crippen LogP contribution is 2.26. The van der Waals surface area contributed by atoms with Gasteiger partial charge in [0.15, 0.2) is 17.3 Å². The van der Waals surface area contributed by atoms with E-state index in [4.69, 9.17) is 0 Å². The smallest absolute Gasteiger partial charge is 0.174 e. The van der Waals surface area contributed by atoms with Crippen LogP contribution < -0.4 is 0 Å². The second-order valence-electron chi connectivity index (χ2n) is 7.17. The number of carbonyl (C=O) groups is 3. The zero-order valence-corrected chi connectivity index (χ0v) is 16.3. The van der Waals surface area contributed by atoms with E-state index >= 15 is 0 Å². The molecule has 0 heterocycles. The van der Waals surface area contributed by atoms with E-state index < -0.39 is 5.92 Å². The van der Waals surface area contributed by atoms with Crippen LogP contribution in [0.1, 0.15) is 37.5 Å². The zero-order valence-electron chi connectivity index (χ0n) is 16.3. The molecule has 0 unspecified atom stereocenters. The molecule has 0 aliphatic heterocycles. The largest absolute Gasteiger partial charge is 0.294 e. The van der Waals surface area contributed by atoms with Crippen LogP contribution in [0.5, 0.6) is 0 Å². The molecule has 0 saturated carbocycles. The minimum atomic E-state index is -1.08. The molecule has 4 rings (SSSR count). The number of ketones is 3. The first-order valence-electron chi connectivity index (χ1n) is 9.84. The van der Waals surface area contributed by atoms with Crippen molar-refractivity contribution in [1.82, 2.24) is 0 Å². The second kappa shape index (κ2) is 8.66. The summed E-state index contributed by atoms with van der Waals surface area (Å²) in [6.45, 7) is 0. The van der Waals surface area contributed by atoms with Gasteiger partial charge in [0, 0.05) is 23.1 Å². The fourth-order valence-corrected chi connectivity index (χ4v) is 3.66. The van der Waals surface area contributed by atoms with Crippen LogP contribution in [0.4, 0.5) is 0 Å². The number of carbonyl (C=O) groups excluding carboxylic acids is 3. The molecule has 0 saturated heterocycles. The van der Waals surface area contributed by atoms with Crippen LogP contribution in [0.25, 0.3) is 10.8 Å². The number of fused-ring (bicyclic) bond motifs is 1. The Hall–Kier alpha value is -3.85. The predicted molar refractivity (Wildman–Crippen MR) is 118 cm³/mol. The molecule has 0 aliphatic rings. The molecule has 30 heavy (non-hydrogen) atoms. The molecule has 4 aromatic carbocycles. The highest BCUT2D eigenvalue weighted by molar-refractivity contribution is 6.21. The van der Waals surface area contributed by atoms with Crippen molar-refractivity contribution < 1.29 is 14.4 Å². The van der Waals surface area contributed by atoms with Gasteiger partial charge < -0.3 is 0 Å². The van der Waals surface area contributed by atoms with Crippen molar-refractivity contribution in [2.24, 2.45) is 5.92 Å². The molecule has 0 N–H and O–H groups in total. The third kappa shape index (κ3) is 3.96. The quantitative estimate of drug-likeness (QED) is 0.295. The molecule has 0 amide bonds. The van der Waals surface area contributed by atoms with Gasteiger partial charge in [-0.25, -0.2) is 0 Å². The average molecular weight is 392 g/mol. The lowest BCUT2D eigenvalue weighted by molar-refractivity contribution is 0.0760. The van der Waals surface area contributed by atoms with Gasteiger partial charge in [-0.2, -0.15) is 0 Å². The maximum atomic E-state index is 13.6. The van der Waals surface area contributed by atoms with Gasteiger partial charge >= 0.3 is 0 Å². The van der Waals surface area contributed by atoms with Crippen LogP contribution in [0, 0.1) is 5.92 Å². The minimum absolute atomic E-state index is 0.167. The molecule has 1 atom stereocenters. The van der Waals surface area contributed by atoms with Crippen LogP contribution in [0.15, 0.2) is 103 Å². The van der Waals surface area contributed by atoms with E-state index in [1.165, 1.54) is 0 Å². The SMILES string of the molecule is O=C(C[C@@H](C(=O)c1ccccc1)C(=O)c1cccc2ccccc12)c1ccccc1. The molecule has 0 fully saturated rings. The van der Waals surface area contributed by atoms with Crippen molar-refractivity contribution >= 4 is 28.1 Å². The third-order valence-electron chi connectivity index (χ3n) is 5.23. The summed E-state index contributed by atoms with van der Waals surface area (Å²) in [5.41, 5.74) is 1.38. The maximum absolute atomic E-state index is 13.6. The number of hydrogen-bond acceptors (Lipinski definition) is 3. The van der Waals surface area contributed by atoms with E-state index in [0.717, 1.165) is 10.8 Å². The normalized spacial score (nSPS) is 11.7. The summed E-state index contributed by atoms with van der Waals surface area (Å²) in [5.74, 6) is -1.97. The van der Waals surface area contributed by atoms with E-state index in [0.29, 0.717) is 16.7 Å². The van der Waals surface area contributed by atoms with Crippen LogP contribution in [0.3, 0.4) is 0 Å². The monoisotopic (exact) mass is 392 g/mol. The van der Waals surface area contributed by atoms with Crippen molar-refractivity contribution in [3.8, 4) is 0 Å². The number of hydrogen-bond donors (Lipinski definition) is 0. The molecule has 0 bridgehead atoms. The Morgan fingerprint density at radius 1 is 0.567 bits per heavy atom. The van der Waals surface area contributed by atoms with Crippen LogP contribution in [0.2, 0.25) is 0 Å². The summed E-state index contributed by atoms with van der Waals surface area (Å²) in [7, 11) is 0. The van der Waals surface area contributed by atoms with Crippen molar-refractivity contribution in [3.05, 3.63) is 120 Å². The first-order chi connectivity index (χ1) is 14.6. The van der Waals surface area contributed by atoms with Gasteiger partial charge in [0.2, 0.25) is 0 Å². The Balaban J connectivity index is 1.75. The molecule has 4 aromatic rings. The summed E-state index contributed by atoms with van der Waals surface area (Å²) in [6, 6.07) is 30.5. The minimum Gasteiger partial charge on any atom is -0.294 e. The highest BCUT2D eigenvalue weighted by Gasteiger charge is 2.31. The lowest BCUT2D eigenvalue weighted by Gasteiger charge is -2.16. The lowest BCUT2D eigenvalue weighted by atomic mass is 9.84. The van der Waals surface area contributed by atoms with Gasteiger partial charge in [-0.05, 0) is 10.8 Å². The Morgan fingerprint density at radius 2 is 1.13 bits per heavy atom. The fourth-order valence-electron chi connectivity index (χ4n) is 3.66. The van der Waals surface area contributed by atoms with E-state index in [-0.39, 0.29) is 23.8 Å². The van der Waals surface area contributed by atoms with Crippen molar-refractivity contribution in [2.45, 2.75) is 6.42 Å². The molecular weight excluding hydrogens is 372 g/mol. The molecule has 0 aliphatic carbocycles. The fraction of sp³-hybridized carbons (Fsp3) is 0.0741. The third-order valence-corrected chi connectivity index (χ3v) is 5.23. The van der Waals surface area contributed by atoms with Crippen molar-refractivity contribution in [3.63, 3.8) is 0 Å². The standard InChI is InChI=1S/C27H20O3/c28-25(20-11-3-1-4-12-20)18-24(26(29)21-13-5-2-6-14-21)27(30)23-17-9-15-19-10-7-8-16-22(19)23/h1-17,24H,18H2/t24-/m0/s1. The lowest BCUT2D eigenvalue weighted by Crippen LogP contribution is -2.27. The molecular formula is C27H20O3. The van der Waals surface area contributed by atoms with Crippen LogP contribution in [-0.2, 0) is 0 Å².